The van der Waals surface area contributed by atoms with Crippen LogP contribution in [-0.4, -0.2) is 25.7 Å². The zero-order valence-electron chi connectivity index (χ0n) is 11.6. The number of anilines is 1. The molecule has 20 heavy (non-hydrogen) atoms. The van der Waals surface area contributed by atoms with Crippen molar-refractivity contribution < 1.29 is 14.3 Å². The summed E-state index contributed by atoms with van der Waals surface area (Å²) in [6.45, 7) is 1.95. The Balaban J connectivity index is 1.76. The fourth-order valence-electron chi connectivity index (χ4n) is 2.10. The van der Waals surface area contributed by atoms with Crippen LogP contribution in [0.4, 0.5) is 5.69 Å². The highest BCUT2D eigenvalue weighted by molar-refractivity contribution is 5.90. The molecule has 1 amide bonds. The summed E-state index contributed by atoms with van der Waals surface area (Å²) in [6.07, 6.45) is 3.13. The maximum Gasteiger partial charge on any atom is 0.224 e. The fraction of sp³-hybridized carbons (Fsp3) is 0.533. The Morgan fingerprint density at radius 2 is 1.85 bits per heavy atom. The lowest BCUT2D eigenvalue weighted by molar-refractivity contribution is -0.116. The van der Waals surface area contributed by atoms with E-state index >= 15 is 0 Å². The van der Waals surface area contributed by atoms with Gasteiger partial charge in [0.25, 0.3) is 0 Å². The first-order valence-corrected chi connectivity index (χ1v) is 7.12. The Kier molecular flexibility index (Phi) is 5.98. The molecule has 0 radical (unpaired) electrons. The van der Waals surface area contributed by atoms with E-state index in [1.165, 1.54) is 0 Å². The average Bonchev–Trinajstić information content (AvgIpc) is 2.99. The first-order valence-electron chi connectivity index (χ1n) is 7.12. The van der Waals surface area contributed by atoms with Crippen LogP contribution >= 0.6 is 0 Å². The second-order valence-electron chi connectivity index (χ2n) is 4.84. The minimum absolute atomic E-state index is 0.0446. The number of nitrogens with one attached hydrogen (secondary N) is 1. The summed E-state index contributed by atoms with van der Waals surface area (Å²) in [7, 11) is 0. The minimum atomic E-state index is -0.268. The minimum Gasteiger partial charge on any atom is -0.346 e. The molecule has 1 aliphatic rings. The van der Waals surface area contributed by atoms with E-state index in [-0.39, 0.29) is 12.2 Å². The van der Waals surface area contributed by atoms with Crippen molar-refractivity contribution in [3.8, 4) is 0 Å². The van der Waals surface area contributed by atoms with Gasteiger partial charge in [-0.3, -0.25) is 4.79 Å². The number of nitrogens with two attached hydrogens (primary N) is 1. The molecule has 1 saturated heterocycles. The first-order chi connectivity index (χ1) is 9.79. The number of hydrogen-bond donors (Lipinski definition) is 2. The van der Waals surface area contributed by atoms with Gasteiger partial charge in [0.15, 0.2) is 6.29 Å². The molecule has 0 atom stereocenters. The number of benzene rings is 1. The summed E-state index contributed by atoms with van der Waals surface area (Å²) in [4.78, 5) is 11.7. The van der Waals surface area contributed by atoms with Crippen LogP contribution in [-0.2, 0) is 14.3 Å². The van der Waals surface area contributed by atoms with Gasteiger partial charge in [0.1, 0.15) is 0 Å². The van der Waals surface area contributed by atoms with E-state index in [2.05, 4.69) is 5.32 Å². The average molecular weight is 278 g/mol. The van der Waals surface area contributed by atoms with Crippen molar-refractivity contribution in [3.63, 3.8) is 0 Å². The van der Waals surface area contributed by atoms with Crippen LogP contribution in [0.5, 0.6) is 0 Å². The molecule has 5 nitrogen and oxygen atoms in total. The first kappa shape index (κ1) is 15.0. The SMILES string of the molecule is NCCCCCC(=O)Nc1ccc(C2OCCO2)cc1. The predicted molar refractivity (Wildman–Crippen MR) is 77.2 cm³/mol. The lowest BCUT2D eigenvalue weighted by atomic mass is 10.1. The molecule has 0 saturated carbocycles. The van der Waals surface area contributed by atoms with Crippen LogP contribution in [0, 0.1) is 0 Å². The third kappa shape index (κ3) is 4.59. The van der Waals surface area contributed by atoms with Crippen molar-refractivity contribution in [1.82, 2.24) is 0 Å². The molecule has 0 aromatic heterocycles. The molecule has 5 heteroatoms. The van der Waals surface area contributed by atoms with E-state index in [1.54, 1.807) is 0 Å². The standard InChI is InChI=1S/C15H22N2O3/c16-9-3-1-2-4-14(18)17-13-7-5-12(6-8-13)15-19-10-11-20-15/h5-8,15H,1-4,9-11,16H2,(H,17,18). The van der Waals surface area contributed by atoms with Gasteiger partial charge in [0.05, 0.1) is 13.2 Å². The van der Waals surface area contributed by atoms with Gasteiger partial charge in [-0.25, -0.2) is 0 Å². The van der Waals surface area contributed by atoms with E-state index in [1.807, 2.05) is 24.3 Å². The molecule has 110 valence electrons. The van der Waals surface area contributed by atoms with E-state index in [0.717, 1.165) is 30.5 Å². The van der Waals surface area contributed by atoms with E-state index in [4.69, 9.17) is 15.2 Å². The smallest absolute Gasteiger partial charge is 0.224 e. The third-order valence-corrected chi connectivity index (χ3v) is 3.20. The van der Waals surface area contributed by atoms with Crippen molar-refractivity contribution >= 4 is 11.6 Å². The number of unbranched alkanes of at least 4 members (excludes halogenated alkanes) is 2. The maximum absolute atomic E-state index is 11.7. The molecule has 1 aromatic carbocycles. The summed E-state index contributed by atoms with van der Waals surface area (Å²) in [5, 5.41) is 2.88. The van der Waals surface area contributed by atoms with Crippen LogP contribution in [0.25, 0.3) is 0 Å². The van der Waals surface area contributed by atoms with Gasteiger partial charge in [0.2, 0.25) is 5.91 Å². The molecule has 3 N–H and O–H groups in total. The molecule has 1 heterocycles. The quantitative estimate of drug-likeness (QED) is 0.750. The highest BCUT2D eigenvalue weighted by atomic mass is 16.7. The Hall–Kier alpha value is -1.43. The number of carbonyl (C=O) groups is 1. The summed E-state index contributed by atoms with van der Waals surface area (Å²) in [5.41, 5.74) is 7.19. The Morgan fingerprint density at radius 1 is 1.15 bits per heavy atom. The monoisotopic (exact) mass is 278 g/mol. The zero-order chi connectivity index (χ0) is 14.2. The second-order valence-corrected chi connectivity index (χ2v) is 4.84. The molecule has 1 aliphatic heterocycles. The number of amides is 1. The highest BCUT2D eigenvalue weighted by Crippen LogP contribution is 2.24. The van der Waals surface area contributed by atoms with Gasteiger partial charge < -0.3 is 20.5 Å². The van der Waals surface area contributed by atoms with Gasteiger partial charge in [0, 0.05) is 17.7 Å². The molecule has 1 aromatic rings. The van der Waals surface area contributed by atoms with Crippen LogP contribution in [0.1, 0.15) is 37.5 Å². The van der Waals surface area contributed by atoms with E-state index in [0.29, 0.717) is 26.2 Å². The molecule has 0 spiro atoms. The maximum atomic E-state index is 11.7. The molecular formula is C15H22N2O3. The highest BCUT2D eigenvalue weighted by Gasteiger charge is 2.17. The third-order valence-electron chi connectivity index (χ3n) is 3.20. The van der Waals surface area contributed by atoms with Gasteiger partial charge in [-0.1, -0.05) is 18.6 Å². The van der Waals surface area contributed by atoms with Crippen LogP contribution in [0.15, 0.2) is 24.3 Å². The fourth-order valence-corrected chi connectivity index (χ4v) is 2.10. The molecular weight excluding hydrogens is 256 g/mol. The summed E-state index contributed by atoms with van der Waals surface area (Å²) >= 11 is 0. The van der Waals surface area contributed by atoms with Gasteiger partial charge in [-0.2, -0.15) is 0 Å². The van der Waals surface area contributed by atoms with Gasteiger partial charge in [-0.05, 0) is 31.5 Å². The largest absolute Gasteiger partial charge is 0.346 e. The Labute approximate surface area is 119 Å². The molecule has 0 aliphatic carbocycles. The normalized spacial score (nSPS) is 15.4. The Bertz CT molecular complexity index is 414. The summed E-state index contributed by atoms with van der Waals surface area (Å²) in [6, 6.07) is 7.58. The topological polar surface area (TPSA) is 73.6 Å². The molecule has 0 unspecified atom stereocenters. The van der Waals surface area contributed by atoms with E-state index < -0.39 is 0 Å². The zero-order valence-corrected chi connectivity index (χ0v) is 11.6. The number of ether oxygens (including phenoxy) is 2. The van der Waals surface area contributed by atoms with Crippen LogP contribution in [0.2, 0.25) is 0 Å². The molecule has 1 fully saturated rings. The van der Waals surface area contributed by atoms with Crippen molar-refractivity contribution in [3.05, 3.63) is 29.8 Å². The summed E-state index contributed by atoms with van der Waals surface area (Å²) in [5.74, 6) is 0.0446. The van der Waals surface area contributed by atoms with Crippen LogP contribution < -0.4 is 11.1 Å². The van der Waals surface area contributed by atoms with Crippen LogP contribution in [0.3, 0.4) is 0 Å². The van der Waals surface area contributed by atoms with Crippen molar-refractivity contribution in [2.45, 2.75) is 32.0 Å². The van der Waals surface area contributed by atoms with Crippen molar-refractivity contribution in [1.29, 1.82) is 0 Å². The van der Waals surface area contributed by atoms with E-state index in [9.17, 15) is 4.79 Å². The Morgan fingerprint density at radius 3 is 2.50 bits per heavy atom. The second kappa shape index (κ2) is 7.99. The van der Waals surface area contributed by atoms with Gasteiger partial charge in [-0.15, -0.1) is 0 Å². The lowest BCUT2D eigenvalue weighted by Crippen LogP contribution is -2.11. The van der Waals surface area contributed by atoms with Crippen molar-refractivity contribution in [2.75, 3.05) is 25.1 Å². The summed E-state index contributed by atoms with van der Waals surface area (Å²) < 4.78 is 10.8. The number of rotatable bonds is 7. The predicted octanol–water partition coefficient (Wildman–Crippen LogP) is 2.19. The lowest BCUT2D eigenvalue weighted by Gasteiger charge is -2.10. The molecule has 0 bridgehead atoms. The van der Waals surface area contributed by atoms with Gasteiger partial charge >= 0.3 is 0 Å². The van der Waals surface area contributed by atoms with Crippen molar-refractivity contribution in [2.24, 2.45) is 5.73 Å². The molecule has 2 rings (SSSR count). The number of hydrogen-bond acceptors (Lipinski definition) is 4. The number of carbonyl (C=O) groups excluding carboxylic acids is 1.